The molecule has 0 spiro atoms. The lowest BCUT2D eigenvalue weighted by atomic mass is 10.0. The van der Waals surface area contributed by atoms with Crippen molar-refractivity contribution >= 4 is 10.1 Å². The number of aliphatic hydroxyl groups is 1. The second kappa shape index (κ2) is 12.3. The molecule has 4 nitrogen and oxygen atoms in total. The summed E-state index contributed by atoms with van der Waals surface area (Å²) in [6.45, 7) is 3.11. The van der Waals surface area contributed by atoms with Gasteiger partial charge < -0.3 is 5.11 Å². The molecule has 1 unspecified atom stereocenters. The second-order valence-electron chi connectivity index (χ2n) is 6.72. The van der Waals surface area contributed by atoms with E-state index in [0.717, 1.165) is 19.3 Å². The van der Waals surface area contributed by atoms with Crippen LogP contribution < -0.4 is 0 Å². The molecule has 0 aliphatic heterocycles. The average Bonchev–Trinajstić information content (AvgIpc) is 2.47. The number of hydrogen-bond acceptors (Lipinski definition) is 3. The van der Waals surface area contributed by atoms with E-state index in [1.54, 1.807) is 0 Å². The van der Waals surface area contributed by atoms with E-state index < -0.39 is 21.5 Å². The van der Waals surface area contributed by atoms with Gasteiger partial charge in [0.2, 0.25) is 0 Å². The fourth-order valence-electron chi connectivity index (χ4n) is 2.63. The smallest absolute Gasteiger partial charge is 0.272 e. The van der Waals surface area contributed by atoms with Crippen molar-refractivity contribution in [3.05, 3.63) is 0 Å². The molecule has 5 heteroatoms. The van der Waals surface area contributed by atoms with Gasteiger partial charge in [0.05, 0.1) is 6.61 Å². The van der Waals surface area contributed by atoms with Gasteiger partial charge in [-0.3, -0.25) is 4.55 Å². The van der Waals surface area contributed by atoms with Gasteiger partial charge in [-0.25, -0.2) is 0 Å². The summed E-state index contributed by atoms with van der Waals surface area (Å²) >= 11 is 0. The molecule has 0 radical (unpaired) electrons. The quantitative estimate of drug-likeness (QED) is 0.335. The SMILES string of the molecule is CCCCCCCCCCCCCCC(C)(CO)S(=O)(=O)O. The highest BCUT2D eigenvalue weighted by Crippen LogP contribution is 2.23. The Balaban J connectivity index is 3.47. The van der Waals surface area contributed by atoms with Crippen LogP contribution in [0.4, 0.5) is 0 Å². The van der Waals surface area contributed by atoms with Gasteiger partial charge in [0.25, 0.3) is 10.1 Å². The van der Waals surface area contributed by atoms with Crippen molar-refractivity contribution in [1.29, 1.82) is 0 Å². The normalized spacial score (nSPS) is 14.9. The van der Waals surface area contributed by atoms with Crippen molar-refractivity contribution in [3.63, 3.8) is 0 Å². The molecule has 0 aliphatic rings. The van der Waals surface area contributed by atoms with E-state index in [2.05, 4.69) is 6.92 Å². The molecule has 0 rings (SSSR count). The summed E-state index contributed by atoms with van der Waals surface area (Å²) in [6, 6.07) is 0. The standard InChI is InChI=1S/C17H36O4S/c1-3-4-5-6-7-8-9-10-11-12-13-14-15-17(2,16-18)22(19,20)21/h18H,3-16H2,1-2H3,(H,19,20,21). The highest BCUT2D eigenvalue weighted by molar-refractivity contribution is 7.87. The van der Waals surface area contributed by atoms with Gasteiger partial charge in [0, 0.05) is 0 Å². The molecule has 0 fully saturated rings. The van der Waals surface area contributed by atoms with Crippen molar-refractivity contribution in [1.82, 2.24) is 0 Å². The molecule has 1 atom stereocenters. The fraction of sp³-hybridized carbons (Fsp3) is 1.00. The van der Waals surface area contributed by atoms with Gasteiger partial charge in [-0.1, -0.05) is 84.0 Å². The molecule has 0 bridgehead atoms. The molecule has 2 N–H and O–H groups in total. The number of hydrogen-bond donors (Lipinski definition) is 2. The zero-order valence-electron chi connectivity index (χ0n) is 14.5. The Morgan fingerprint density at radius 1 is 0.773 bits per heavy atom. The van der Waals surface area contributed by atoms with Crippen molar-refractivity contribution in [2.45, 2.75) is 102 Å². The molecule has 134 valence electrons. The van der Waals surface area contributed by atoms with E-state index in [-0.39, 0.29) is 0 Å². The van der Waals surface area contributed by atoms with Gasteiger partial charge in [0.15, 0.2) is 0 Å². The van der Waals surface area contributed by atoms with Gasteiger partial charge in [-0.15, -0.1) is 0 Å². The van der Waals surface area contributed by atoms with Crippen LogP contribution in [0.5, 0.6) is 0 Å². The third-order valence-electron chi connectivity index (χ3n) is 4.52. The van der Waals surface area contributed by atoms with Gasteiger partial charge in [0.1, 0.15) is 4.75 Å². The monoisotopic (exact) mass is 336 g/mol. The summed E-state index contributed by atoms with van der Waals surface area (Å²) in [4.78, 5) is 0. The summed E-state index contributed by atoms with van der Waals surface area (Å²) in [6.07, 6.45) is 14.9. The van der Waals surface area contributed by atoms with E-state index in [1.165, 1.54) is 64.7 Å². The maximum atomic E-state index is 11.2. The number of aliphatic hydroxyl groups excluding tert-OH is 1. The van der Waals surface area contributed by atoms with Crippen LogP contribution in [-0.4, -0.2) is 29.4 Å². The predicted octanol–water partition coefficient (Wildman–Crippen LogP) is 4.72. The Hall–Kier alpha value is -0.130. The van der Waals surface area contributed by atoms with Crippen LogP contribution in [0.25, 0.3) is 0 Å². The zero-order valence-corrected chi connectivity index (χ0v) is 15.3. The van der Waals surface area contributed by atoms with Crippen molar-refractivity contribution in [2.24, 2.45) is 0 Å². The zero-order chi connectivity index (χ0) is 16.9. The Morgan fingerprint density at radius 2 is 1.14 bits per heavy atom. The maximum absolute atomic E-state index is 11.2. The lowest BCUT2D eigenvalue weighted by Crippen LogP contribution is -2.38. The van der Waals surface area contributed by atoms with Crippen LogP contribution in [0.2, 0.25) is 0 Å². The molecular formula is C17H36O4S. The van der Waals surface area contributed by atoms with Gasteiger partial charge in [-0.2, -0.15) is 8.42 Å². The third kappa shape index (κ3) is 9.80. The van der Waals surface area contributed by atoms with Crippen LogP contribution >= 0.6 is 0 Å². The second-order valence-corrected chi connectivity index (χ2v) is 8.66. The Bertz CT molecular complexity index is 354. The van der Waals surface area contributed by atoms with E-state index in [1.807, 2.05) is 0 Å². The van der Waals surface area contributed by atoms with Crippen molar-refractivity contribution < 1.29 is 18.1 Å². The van der Waals surface area contributed by atoms with Crippen LogP contribution in [0.15, 0.2) is 0 Å². The first-order valence-electron chi connectivity index (χ1n) is 8.95. The van der Waals surface area contributed by atoms with Crippen molar-refractivity contribution in [3.8, 4) is 0 Å². The van der Waals surface area contributed by atoms with E-state index in [4.69, 9.17) is 9.66 Å². The first kappa shape index (κ1) is 21.9. The fourth-order valence-corrected chi connectivity index (χ4v) is 3.19. The van der Waals surface area contributed by atoms with Crippen molar-refractivity contribution in [2.75, 3.05) is 6.61 Å². The Kier molecular flexibility index (Phi) is 12.2. The molecule has 0 heterocycles. The maximum Gasteiger partial charge on any atom is 0.272 e. The lowest BCUT2D eigenvalue weighted by Gasteiger charge is -2.23. The number of rotatable bonds is 15. The van der Waals surface area contributed by atoms with E-state index >= 15 is 0 Å². The number of unbranched alkanes of at least 4 members (excludes halogenated alkanes) is 11. The molecule has 0 aromatic carbocycles. The minimum absolute atomic E-state index is 0.319. The highest BCUT2D eigenvalue weighted by atomic mass is 32.2. The third-order valence-corrected chi connectivity index (χ3v) is 6.10. The molecule has 0 aromatic rings. The molecular weight excluding hydrogens is 300 g/mol. The Morgan fingerprint density at radius 3 is 1.45 bits per heavy atom. The molecule has 0 saturated carbocycles. The summed E-state index contributed by atoms with van der Waals surface area (Å²) in [5.41, 5.74) is 0. The van der Waals surface area contributed by atoms with E-state index in [0.29, 0.717) is 6.42 Å². The highest BCUT2D eigenvalue weighted by Gasteiger charge is 2.36. The van der Waals surface area contributed by atoms with Crippen LogP contribution in [0.1, 0.15) is 97.3 Å². The molecule has 0 aromatic heterocycles. The molecule has 0 amide bonds. The van der Waals surface area contributed by atoms with E-state index in [9.17, 15) is 8.42 Å². The van der Waals surface area contributed by atoms with Crippen LogP contribution in [-0.2, 0) is 10.1 Å². The van der Waals surface area contributed by atoms with Gasteiger partial charge >= 0.3 is 0 Å². The lowest BCUT2D eigenvalue weighted by molar-refractivity contribution is 0.230. The largest absolute Gasteiger partial charge is 0.395 e. The first-order valence-corrected chi connectivity index (χ1v) is 10.4. The predicted molar refractivity (Wildman–Crippen MR) is 92.7 cm³/mol. The summed E-state index contributed by atoms with van der Waals surface area (Å²) in [5, 5.41) is 9.16. The summed E-state index contributed by atoms with van der Waals surface area (Å²) in [5.74, 6) is 0. The van der Waals surface area contributed by atoms with Crippen LogP contribution in [0.3, 0.4) is 0 Å². The minimum Gasteiger partial charge on any atom is -0.395 e. The Labute approximate surface area is 137 Å². The molecule has 0 aliphatic carbocycles. The summed E-state index contributed by atoms with van der Waals surface area (Å²) < 4.78 is 30.2. The topological polar surface area (TPSA) is 74.6 Å². The summed E-state index contributed by atoms with van der Waals surface area (Å²) in [7, 11) is -4.18. The molecule has 22 heavy (non-hydrogen) atoms. The van der Waals surface area contributed by atoms with Gasteiger partial charge in [-0.05, 0) is 13.3 Å². The van der Waals surface area contributed by atoms with Crippen LogP contribution in [0, 0.1) is 0 Å². The minimum atomic E-state index is -4.18. The molecule has 0 saturated heterocycles. The first-order chi connectivity index (χ1) is 10.4. The average molecular weight is 337 g/mol.